The summed E-state index contributed by atoms with van der Waals surface area (Å²) in [5, 5.41) is 9.64. The molecule has 1 aromatic heterocycles. The van der Waals surface area contributed by atoms with Crippen LogP contribution in [0.1, 0.15) is 21.7 Å². The quantitative estimate of drug-likeness (QED) is 0.912. The van der Waals surface area contributed by atoms with E-state index >= 15 is 0 Å². The Morgan fingerprint density at radius 3 is 2.84 bits per heavy atom. The molecule has 0 spiro atoms. The monoisotopic (exact) mass is 259 g/mol. The fourth-order valence-electron chi connectivity index (χ4n) is 1.89. The van der Waals surface area contributed by atoms with E-state index in [2.05, 4.69) is 4.98 Å². The van der Waals surface area contributed by atoms with Crippen LogP contribution >= 0.6 is 0 Å². The first-order chi connectivity index (χ1) is 9.00. The number of phenols is 1. The lowest BCUT2D eigenvalue weighted by molar-refractivity contribution is 0.0779. The minimum Gasteiger partial charge on any atom is -0.508 e. The van der Waals surface area contributed by atoms with Crippen LogP contribution in [-0.4, -0.2) is 32.5 Å². The molecule has 0 bridgehead atoms. The van der Waals surface area contributed by atoms with E-state index in [0.29, 0.717) is 17.7 Å². The Kier molecular flexibility index (Phi) is 3.55. The highest BCUT2D eigenvalue weighted by Gasteiger charge is 2.17. The zero-order valence-corrected chi connectivity index (χ0v) is 11.3. The Morgan fingerprint density at radius 1 is 1.47 bits per heavy atom. The van der Waals surface area contributed by atoms with Crippen molar-refractivity contribution in [2.24, 2.45) is 7.05 Å². The van der Waals surface area contributed by atoms with Crippen LogP contribution in [0.3, 0.4) is 0 Å². The molecular weight excluding hydrogens is 242 g/mol. The summed E-state index contributed by atoms with van der Waals surface area (Å²) in [6, 6.07) is 4.96. The molecule has 1 N–H and O–H groups in total. The molecule has 0 radical (unpaired) electrons. The van der Waals surface area contributed by atoms with Gasteiger partial charge in [0.1, 0.15) is 11.6 Å². The number of aromatic hydroxyl groups is 1. The van der Waals surface area contributed by atoms with E-state index < -0.39 is 0 Å². The van der Waals surface area contributed by atoms with E-state index in [-0.39, 0.29) is 11.7 Å². The summed E-state index contributed by atoms with van der Waals surface area (Å²) in [6.07, 6.45) is 3.54. The van der Waals surface area contributed by atoms with Gasteiger partial charge in [-0.05, 0) is 19.1 Å². The molecule has 5 nitrogen and oxygen atoms in total. The van der Waals surface area contributed by atoms with Crippen molar-refractivity contribution in [2.75, 3.05) is 7.05 Å². The Bertz CT molecular complexity index is 604. The summed E-state index contributed by atoms with van der Waals surface area (Å²) >= 11 is 0. The standard InChI is InChI=1S/C14H17N3O2/c1-10-11(5-4-6-12(10)18)14(19)17(3)9-13-15-7-8-16(13)2/h4-8,18H,9H2,1-3H3. The fourth-order valence-corrected chi connectivity index (χ4v) is 1.89. The van der Waals surface area contributed by atoms with Crippen LogP contribution in [0.2, 0.25) is 0 Å². The van der Waals surface area contributed by atoms with Crippen LogP contribution < -0.4 is 0 Å². The van der Waals surface area contributed by atoms with Crippen molar-refractivity contribution in [1.29, 1.82) is 0 Å². The topological polar surface area (TPSA) is 58.4 Å². The molecule has 100 valence electrons. The summed E-state index contributed by atoms with van der Waals surface area (Å²) in [6.45, 7) is 2.16. The van der Waals surface area contributed by atoms with E-state index in [1.807, 2.05) is 17.8 Å². The van der Waals surface area contributed by atoms with E-state index in [1.165, 1.54) is 0 Å². The molecule has 1 heterocycles. The van der Waals surface area contributed by atoms with Crippen molar-refractivity contribution in [1.82, 2.24) is 14.5 Å². The van der Waals surface area contributed by atoms with Gasteiger partial charge in [-0.25, -0.2) is 4.98 Å². The Labute approximate surface area is 112 Å². The average Bonchev–Trinajstić information content (AvgIpc) is 2.77. The van der Waals surface area contributed by atoms with E-state index in [1.54, 1.807) is 43.3 Å². The predicted octanol–water partition coefficient (Wildman–Crippen LogP) is 1.71. The highest BCUT2D eigenvalue weighted by molar-refractivity contribution is 5.96. The molecule has 0 unspecified atom stereocenters. The van der Waals surface area contributed by atoms with Crippen LogP contribution in [-0.2, 0) is 13.6 Å². The van der Waals surface area contributed by atoms with Gasteiger partial charge in [0.15, 0.2) is 0 Å². The molecule has 0 saturated carbocycles. The average molecular weight is 259 g/mol. The Hall–Kier alpha value is -2.30. The van der Waals surface area contributed by atoms with Crippen molar-refractivity contribution in [3.05, 3.63) is 47.5 Å². The van der Waals surface area contributed by atoms with Gasteiger partial charge in [0.2, 0.25) is 0 Å². The predicted molar refractivity (Wildman–Crippen MR) is 71.8 cm³/mol. The number of amides is 1. The van der Waals surface area contributed by atoms with E-state index in [0.717, 1.165) is 5.82 Å². The number of aromatic nitrogens is 2. The number of aryl methyl sites for hydroxylation is 1. The number of phenolic OH excluding ortho intramolecular Hbond substituents is 1. The molecule has 2 aromatic rings. The molecule has 19 heavy (non-hydrogen) atoms. The number of nitrogens with zero attached hydrogens (tertiary/aromatic N) is 3. The number of carbonyl (C=O) groups is 1. The summed E-state index contributed by atoms with van der Waals surface area (Å²) in [4.78, 5) is 18.1. The lowest BCUT2D eigenvalue weighted by atomic mass is 10.1. The number of carbonyl (C=O) groups excluding carboxylic acids is 1. The first-order valence-electron chi connectivity index (χ1n) is 6.01. The van der Waals surface area contributed by atoms with Crippen LogP contribution in [0, 0.1) is 6.92 Å². The smallest absolute Gasteiger partial charge is 0.254 e. The van der Waals surface area contributed by atoms with Gasteiger partial charge in [-0.2, -0.15) is 0 Å². The summed E-state index contributed by atoms with van der Waals surface area (Å²) in [5.41, 5.74) is 1.11. The number of benzene rings is 1. The maximum Gasteiger partial charge on any atom is 0.254 e. The lowest BCUT2D eigenvalue weighted by Crippen LogP contribution is -2.28. The van der Waals surface area contributed by atoms with Gasteiger partial charge < -0.3 is 14.6 Å². The zero-order valence-electron chi connectivity index (χ0n) is 11.3. The van der Waals surface area contributed by atoms with Gasteiger partial charge in [0, 0.05) is 37.6 Å². The van der Waals surface area contributed by atoms with Gasteiger partial charge in [0.25, 0.3) is 5.91 Å². The molecule has 0 fully saturated rings. The fraction of sp³-hybridized carbons (Fsp3) is 0.286. The third kappa shape index (κ3) is 2.59. The Morgan fingerprint density at radius 2 is 2.21 bits per heavy atom. The highest BCUT2D eigenvalue weighted by atomic mass is 16.3. The van der Waals surface area contributed by atoms with Gasteiger partial charge in [-0.3, -0.25) is 4.79 Å². The van der Waals surface area contributed by atoms with Gasteiger partial charge >= 0.3 is 0 Å². The maximum atomic E-state index is 12.3. The molecule has 0 aliphatic rings. The molecule has 5 heteroatoms. The third-order valence-electron chi connectivity index (χ3n) is 3.18. The molecule has 0 atom stereocenters. The molecule has 1 amide bonds. The van der Waals surface area contributed by atoms with Crippen molar-refractivity contribution in [3.63, 3.8) is 0 Å². The van der Waals surface area contributed by atoms with Crippen molar-refractivity contribution < 1.29 is 9.90 Å². The van der Waals surface area contributed by atoms with Gasteiger partial charge in [-0.1, -0.05) is 6.07 Å². The van der Waals surface area contributed by atoms with E-state index in [4.69, 9.17) is 0 Å². The first-order valence-corrected chi connectivity index (χ1v) is 6.01. The second-order valence-corrected chi connectivity index (χ2v) is 4.57. The maximum absolute atomic E-state index is 12.3. The van der Waals surface area contributed by atoms with Crippen LogP contribution in [0.15, 0.2) is 30.6 Å². The van der Waals surface area contributed by atoms with Crippen LogP contribution in [0.5, 0.6) is 5.75 Å². The SMILES string of the molecule is Cc1c(O)cccc1C(=O)N(C)Cc1nccn1C. The molecule has 0 saturated heterocycles. The highest BCUT2D eigenvalue weighted by Crippen LogP contribution is 2.21. The van der Waals surface area contributed by atoms with E-state index in [9.17, 15) is 9.90 Å². The first kappa shape index (κ1) is 13.1. The lowest BCUT2D eigenvalue weighted by Gasteiger charge is -2.18. The molecule has 0 aliphatic carbocycles. The van der Waals surface area contributed by atoms with Crippen LogP contribution in [0.4, 0.5) is 0 Å². The number of hydrogen-bond acceptors (Lipinski definition) is 3. The molecular formula is C14H17N3O2. The zero-order chi connectivity index (χ0) is 14.0. The largest absolute Gasteiger partial charge is 0.508 e. The second-order valence-electron chi connectivity index (χ2n) is 4.57. The van der Waals surface area contributed by atoms with Crippen molar-refractivity contribution >= 4 is 5.91 Å². The minimum atomic E-state index is -0.128. The molecule has 1 aromatic carbocycles. The number of hydrogen-bond donors (Lipinski definition) is 1. The molecule has 0 aliphatic heterocycles. The normalized spacial score (nSPS) is 10.5. The summed E-state index contributed by atoms with van der Waals surface area (Å²) in [5.74, 6) is 0.821. The second kappa shape index (κ2) is 5.14. The number of imidazole rings is 1. The van der Waals surface area contributed by atoms with Gasteiger partial charge in [-0.15, -0.1) is 0 Å². The summed E-state index contributed by atoms with van der Waals surface area (Å²) < 4.78 is 1.87. The number of rotatable bonds is 3. The Balaban J connectivity index is 2.20. The van der Waals surface area contributed by atoms with Crippen molar-refractivity contribution in [2.45, 2.75) is 13.5 Å². The third-order valence-corrected chi connectivity index (χ3v) is 3.18. The van der Waals surface area contributed by atoms with Crippen LogP contribution in [0.25, 0.3) is 0 Å². The van der Waals surface area contributed by atoms with Gasteiger partial charge in [0.05, 0.1) is 6.54 Å². The van der Waals surface area contributed by atoms with Crippen molar-refractivity contribution in [3.8, 4) is 5.75 Å². The molecule has 2 rings (SSSR count). The minimum absolute atomic E-state index is 0.128. The summed E-state index contributed by atoms with van der Waals surface area (Å²) in [7, 11) is 3.61.